The Balaban J connectivity index is 1.52. The van der Waals surface area contributed by atoms with Crippen LogP contribution in [-0.4, -0.2) is 20.1 Å². The number of thioether (sulfide) groups is 1. The number of nitrogens with zero attached hydrogens (tertiary/aromatic N) is 3. The van der Waals surface area contributed by atoms with E-state index in [1.165, 1.54) is 17.8 Å². The number of aromatic nitrogens is 4. The van der Waals surface area contributed by atoms with Crippen LogP contribution >= 0.6 is 23.4 Å². The van der Waals surface area contributed by atoms with Gasteiger partial charge in [0.05, 0.1) is 16.5 Å². The Morgan fingerprint density at radius 1 is 1.04 bits per heavy atom. The van der Waals surface area contributed by atoms with Gasteiger partial charge in [0, 0.05) is 17.2 Å². The van der Waals surface area contributed by atoms with Crippen LogP contribution in [0.2, 0.25) is 5.02 Å². The van der Waals surface area contributed by atoms with Gasteiger partial charge in [-0.25, -0.2) is 4.98 Å². The molecular formula is C19H13ClN4O2S. The quantitative estimate of drug-likeness (QED) is 0.396. The Labute approximate surface area is 163 Å². The van der Waals surface area contributed by atoms with Crippen molar-refractivity contribution in [3.63, 3.8) is 0 Å². The van der Waals surface area contributed by atoms with Gasteiger partial charge in [-0.15, -0.1) is 0 Å². The molecular weight excluding hydrogens is 384 g/mol. The molecule has 8 heteroatoms. The molecule has 4 aromatic rings. The highest BCUT2D eigenvalue weighted by atomic mass is 35.5. The van der Waals surface area contributed by atoms with Gasteiger partial charge in [0.15, 0.2) is 5.16 Å². The number of aromatic amines is 1. The van der Waals surface area contributed by atoms with E-state index in [0.29, 0.717) is 38.9 Å². The highest BCUT2D eigenvalue weighted by molar-refractivity contribution is 7.98. The second kappa shape index (κ2) is 7.77. The Bertz CT molecular complexity index is 1130. The van der Waals surface area contributed by atoms with Gasteiger partial charge in [0.25, 0.3) is 5.56 Å². The number of rotatable bonds is 5. The maximum atomic E-state index is 11.9. The fourth-order valence-electron chi connectivity index (χ4n) is 2.46. The van der Waals surface area contributed by atoms with E-state index in [-0.39, 0.29) is 5.56 Å². The predicted octanol–water partition coefficient (Wildman–Crippen LogP) is 4.43. The van der Waals surface area contributed by atoms with Crippen molar-refractivity contribution in [2.45, 2.75) is 10.9 Å². The molecule has 1 N–H and O–H groups in total. The number of hydrogen-bond acceptors (Lipinski definition) is 6. The van der Waals surface area contributed by atoms with E-state index < -0.39 is 0 Å². The summed E-state index contributed by atoms with van der Waals surface area (Å²) >= 11 is 7.47. The molecule has 27 heavy (non-hydrogen) atoms. The lowest BCUT2D eigenvalue weighted by Gasteiger charge is -2.03. The van der Waals surface area contributed by atoms with E-state index in [1.54, 1.807) is 6.07 Å². The van der Waals surface area contributed by atoms with Gasteiger partial charge in [-0.3, -0.25) is 4.79 Å². The molecule has 0 aliphatic rings. The maximum Gasteiger partial charge on any atom is 0.252 e. The number of halogens is 1. The molecule has 0 aliphatic heterocycles. The Hall–Kier alpha value is -2.90. The van der Waals surface area contributed by atoms with Crippen LogP contribution in [0.1, 0.15) is 5.89 Å². The maximum absolute atomic E-state index is 11.9. The molecule has 0 atom stereocenters. The standard InChI is InChI=1S/C19H13ClN4O2S/c20-14-9-5-4-8-13(14)18-23-17(26-24-18)11-27-19-21-15(10-16(25)22-19)12-6-2-1-3-7-12/h1-10H,11H2,(H,21,22,25). The zero-order chi connectivity index (χ0) is 18.6. The van der Waals surface area contributed by atoms with Crippen LogP contribution in [-0.2, 0) is 5.75 Å². The lowest BCUT2D eigenvalue weighted by atomic mass is 10.1. The van der Waals surface area contributed by atoms with Crippen molar-refractivity contribution in [2.75, 3.05) is 0 Å². The summed E-state index contributed by atoms with van der Waals surface area (Å²) < 4.78 is 5.28. The van der Waals surface area contributed by atoms with E-state index >= 15 is 0 Å². The van der Waals surface area contributed by atoms with Gasteiger partial charge in [-0.05, 0) is 12.1 Å². The van der Waals surface area contributed by atoms with Crippen LogP contribution in [0.25, 0.3) is 22.6 Å². The van der Waals surface area contributed by atoms with Gasteiger partial charge < -0.3 is 9.51 Å². The summed E-state index contributed by atoms with van der Waals surface area (Å²) in [6, 6.07) is 18.3. The van der Waals surface area contributed by atoms with Gasteiger partial charge in [-0.2, -0.15) is 4.98 Å². The van der Waals surface area contributed by atoms with Crippen LogP contribution in [0.3, 0.4) is 0 Å². The summed E-state index contributed by atoms with van der Waals surface area (Å²) in [4.78, 5) is 23.5. The van der Waals surface area contributed by atoms with Crippen molar-refractivity contribution in [1.82, 2.24) is 20.1 Å². The van der Waals surface area contributed by atoms with Crippen LogP contribution in [0.5, 0.6) is 0 Å². The normalized spacial score (nSPS) is 10.9. The van der Waals surface area contributed by atoms with E-state index in [0.717, 1.165) is 5.56 Å². The summed E-state index contributed by atoms with van der Waals surface area (Å²) in [5.74, 6) is 1.22. The first-order chi connectivity index (χ1) is 13.2. The SMILES string of the molecule is O=c1cc(-c2ccccc2)nc(SCc2nc(-c3ccccc3Cl)no2)[nH]1. The molecule has 134 valence electrons. The molecule has 0 saturated heterocycles. The minimum absolute atomic E-state index is 0.214. The second-order valence-electron chi connectivity index (χ2n) is 5.58. The lowest BCUT2D eigenvalue weighted by molar-refractivity contribution is 0.391. The molecule has 0 unspecified atom stereocenters. The fraction of sp³-hybridized carbons (Fsp3) is 0.0526. The van der Waals surface area contributed by atoms with E-state index in [9.17, 15) is 4.79 Å². The highest BCUT2D eigenvalue weighted by Gasteiger charge is 2.12. The molecule has 0 amide bonds. The summed E-state index contributed by atoms with van der Waals surface area (Å²) in [6.45, 7) is 0. The van der Waals surface area contributed by atoms with Crippen molar-refractivity contribution in [3.05, 3.63) is 81.9 Å². The minimum atomic E-state index is -0.214. The van der Waals surface area contributed by atoms with E-state index in [1.807, 2.05) is 48.5 Å². The van der Waals surface area contributed by atoms with Crippen molar-refractivity contribution in [3.8, 4) is 22.6 Å². The molecule has 0 saturated carbocycles. The molecule has 2 aromatic carbocycles. The largest absolute Gasteiger partial charge is 0.338 e. The van der Waals surface area contributed by atoms with Gasteiger partial charge in [-0.1, -0.05) is 71.0 Å². The molecule has 0 aliphatic carbocycles. The monoisotopic (exact) mass is 396 g/mol. The third kappa shape index (κ3) is 4.10. The highest BCUT2D eigenvalue weighted by Crippen LogP contribution is 2.26. The molecule has 4 rings (SSSR count). The number of nitrogens with one attached hydrogen (secondary N) is 1. The molecule has 2 heterocycles. The molecule has 0 fully saturated rings. The number of hydrogen-bond donors (Lipinski definition) is 1. The average Bonchev–Trinajstić information content (AvgIpc) is 3.16. The van der Waals surface area contributed by atoms with E-state index in [2.05, 4.69) is 20.1 Å². The molecule has 0 spiro atoms. The van der Waals surface area contributed by atoms with Crippen molar-refractivity contribution in [2.24, 2.45) is 0 Å². The lowest BCUT2D eigenvalue weighted by Crippen LogP contribution is -2.08. The molecule has 0 bridgehead atoms. The Morgan fingerprint density at radius 2 is 1.81 bits per heavy atom. The average molecular weight is 397 g/mol. The van der Waals surface area contributed by atoms with Crippen LogP contribution in [0, 0.1) is 0 Å². The summed E-state index contributed by atoms with van der Waals surface area (Å²) in [7, 11) is 0. The van der Waals surface area contributed by atoms with Crippen LogP contribution in [0.4, 0.5) is 0 Å². The van der Waals surface area contributed by atoms with E-state index in [4.69, 9.17) is 16.1 Å². The summed E-state index contributed by atoms with van der Waals surface area (Å²) in [6.07, 6.45) is 0. The summed E-state index contributed by atoms with van der Waals surface area (Å²) in [5.41, 5.74) is 1.98. The number of H-pyrrole nitrogens is 1. The first-order valence-corrected chi connectivity index (χ1v) is 9.42. The zero-order valence-electron chi connectivity index (χ0n) is 13.9. The third-order valence-corrected chi connectivity index (χ3v) is 4.89. The fourth-order valence-corrected chi connectivity index (χ4v) is 3.39. The Morgan fingerprint density at radius 3 is 2.63 bits per heavy atom. The topological polar surface area (TPSA) is 84.7 Å². The van der Waals surface area contributed by atoms with Crippen molar-refractivity contribution in [1.29, 1.82) is 0 Å². The second-order valence-corrected chi connectivity index (χ2v) is 6.95. The number of benzene rings is 2. The molecule has 2 aromatic heterocycles. The zero-order valence-corrected chi connectivity index (χ0v) is 15.5. The molecule has 0 radical (unpaired) electrons. The predicted molar refractivity (Wildman–Crippen MR) is 105 cm³/mol. The minimum Gasteiger partial charge on any atom is -0.338 e. The smallest absolute Gasteiger partial charge is 0.252 e. The van der Waals surface area contributed by atoms with Gasteiger partial charge >= 0.3 is 0 Å². The van der Waals surface area contributed by atoms with Crippen molar-refractivity contribution < 1.29 is 4.52 Å². The molecule has 6 nitrogen and oxygen atoms in total. The van der Waals surface area contributed by atoms with Gasteiger partial charge in [0.1, 0.15) is 0 Å². The first kappa shape index (κ1) is 17.5. The van der Waals surface area contributed by atoms with Gasteiger partial charge in [0.2, 0.25) is 11.7 Å². The Kier molecular flexibility index (Phi) is 5.04. The summed E-state index contributed by atoms with van der Waals surface area (Å²) in [5, 5.41) is 5.01. The van der Waals surface area contributed by atoms with Crippen LogP contribution in [0.15, 0.2) is 75.1 Å². The first-order valence-electron chi connectivity index (χ1n) is 8.06. The third-order valence-electron chi connectivity index (χ3n) is 3.70. The van der Waals surface area contributed by atoms with Crippen LogP contribution < -0.4 is 5.56 Å². The van der Waals surface area contributed by atoms with Crippen molar-refractivity contribution >= 4 is 23.4 Å².